The number of anilines is 1. The van der Waals surface area contributed by atoms with E-state index in [1.807, 2.05) is 6.07 Å². The van der Waals surface area contributed by atoms with E-state index in [9.17, 15) is 0 Å². The van der Waals surface area contributed by atoms with Gasteiger partial charge >= 0.3 is 0 Å². The molecule has 0 aliphatic carbocycles. The van der Waals surface area contributed by atoms with Gasteiger partial charge in [-0.1, -0.05) is 18.2 Å². The Bertz CT molecular complexity index is 583. The third-order valence-corrected chi connectivity index (χ3v) is 3.57. The topological polar surface area (TPSA) is 20.5 Å². The molecule has 0 radical (unpaired) electrons. The molecule has 3 heteroatoms. The lowest BCUT2D eigenvalue weighted by molar-refractivity contribution is 0.606. The number of fused-ring (bicyclic) bond motifs is 3. The Morgan fingerprint density at radius 2 is 1.88 bits per heavy atom. The summed E-state index contributed by atoms with van der Waals surface area (Å²) in [5, 5.41) is 6.88. The average Bonchev–Trinajstić information content (AvgIpc) is 3.00. The predicted octanol–water partition coefficient (Wildman–Crippen LogP) is 2.34. The lowest BCUT2D eigenvalue weighted by Crippen LogP contribution is -2.19. The first kappa shape index (κ1) is 9.05. The molecule has 2 aliphatic rings. The van der Waals surface area contributed by atoms with Gasteiger partial charge in [-0.3, -0.25) is 5.01 Å². The van der Waals surface area contributed by atoms with Crippen LogP contribution >= 0.6 is 0 Å². The molecule has 1 atom stereocenters. The Balaban J connectivity index is 1.73. The second-order valence-electron chi connectivity index (χ2n) is 4.65. The SMILES string of the molecule is c1ccc(N2CC3Cn4cccc4C3=N2)cc1. The van der Waals surface area contributed by atoms with Crippen molar-refractivity contribution in [3.8, 4) is 0 Å². The van der Waals surface area contributed by atoms with Crippen molar-refractivity contribution in [2.45, 2.75) is 6.54 Å². The molecule has 1 aromatic carbocycles. The van der Waals surface area contributed by atoms with Gasteiger partial charge in [-0.25, -0.2) is 0 Å². The first-order valence-electron chi connectivity index (χ1n) is 5.98. The Labute approximate surface area is 100.0 Å². The highest BCUT2D eigenvalue weighted by Gasteiger charge is 2.35. The molecule has 2 aliphatic heterocycles. The number of benzene rings is 1. The third kappa shape index (κ3) is 1.25. The zero-order valence-electron chi connectivity index (χ0n) is 9.45. The summed E-state index contributed by atoms with van der Waals surface area (Å²) in [5.41, 5.74) is 3.72. The van der Waals surface area contributed by atoms with Gasteiger partial charge in [0.25, 0.3) is 0 Å². The monoisotopic (exact) mass is 223 g/mol. The van der Waals surface area contributed by atoms with Crippen LogP contribution in [0.5, 0.6) is 0 Å². The molecule has 17 heavy (non-hydrogen) atoms. The van der Waals surface area contributed by atoms with E-state index < -0.39 is 0 Å². The van der Waals surface area contributed by atoms with Gasteiger partial charge in [0.1, 0.15) is 0 Å². The molecule has 4 rings (SSSR count). The number of hydrazone groups is 1. The number of para-hydroxylation sites is 1. The van der Waals surface area contributed by atoms with Gasteiger partial charge in [-0.15, -0.1) is 0 Å². The molecule has 0 fully saturated rings. The maximum absolute atomic E-state index is 4.76. The summed E-state index contributed by atoms with van der Waals surface area (Å²) in [5.74, 6) is 0.561. The second-order valence-corrected chi connectivity index (χ2v) is 4.65. The van der Waals surface area contributed by atoms with E-state index in [1.165, 1.54) is 17.1 Å². The van der Waals surface area contributed by atoms with E-state index in [4.69, 9.17) is 5.10 Å². The largest absolute Gasteiger partial charge is 0.346 e. The van der Waals surface area contributed by atoms with E-state index in [1.54, 1.807) is 0 Å². The highest BCUT2D eigenvalue weighted by Crippen LogP contribution is 2.30. The maximum atomic E-state index is 4.76. The first-order chi connectivity index (χ1) is 8.42. The molecule has 0 saturated carbocycles. The van der Waals surface area contributed by atoms with Crippen LogP contribution in [0, 0.1) is 5.92 Å². The van der Waals surface area contributed by atoms with Gasteiger partial charge in [-0.2, -0.15) is 5.10 Å². The van der Waals surface area contributed by atoms with E-state index in [0.29, 0.717) is 5.92 Å². The minimum Gasteiger partial charge on any atom is -0.346 e. The van der Waals surface area contributed by atoms with Gasteiger partial charge < -0.3 is 4.57 Å². The molecule has 0 N–H and O–H groups in total. The van der Waals surface area contributed by atoms with Crippen molar-refractivity contribution in [2.75, 3.05) is 11.6 Å². The van der Waals surface area contributed by atoms with Crippen LogP contribution in [0.2, 0.25) is 0 Å². The second kappa shape index (κ2) is 3.23. The Kier molecular flexibility index (Phi) is 1.72. The molecule has 0 saturated heterocycles. The molecule has 1 unspecified atom stereocenters. The summed E-state index contributed by atoms with van der Waals surface area (Å²) in [6, 6.07) is 14.7. The first-order valence-corrected chi connectivity index (χ1v) is 5.98. The molecule has 1 aromatic heterocycles. The minimum absolute atomic E-state index is 0.561. The van der Waals surface area contributed by atoms with Gasteiger partial charge in [-0.05, 0) is 24.3 Å². The molecule has 0 spiro atoms. The standard InChI is InChI=1S/C14H13N3/c1-2-5-12(6-3-1)17-10-11-9-16-8-4-7-13(16)14(11)15-17/h1-8,11H,9-10H2. The van der Waals surface area contributed by atoms with E-state index >= 15 is 0 Å². The van der Waals surface area contributed by atoms with Crippen LogP contribution in [0.1, 0.15) is 5.69 Å². The van der Waals surface area contributed by atoms with Gasteiger partial charge in [0, 0.05) is 18.7 Å². The molecule has 0 amide bonds. The Hall–Kier alpha value is -2.03. The van der Waals surface area contributed by atoms with Crippen LogP contribution in [0.25, 0.3) is 0 Å². The highest BCUT2D eigenvalue weighted by molar-refractivity contribution is 6.05. The maximum Gasteiger partial charge on any atom is 0.0913 e. The number of aromatic nitrogens is 1. The fraction of sp³-hybridized carbons (Fsp3) is 0.214. The number of nitrogens with zero attached hydrogens (tertiary/aromatic N) is 3. The molecule has 2 aromatic rings. The van der Waals surface area contributed by atoms with Crippen molar-refractivity contribution in [2.24, 2.45) is 11.0 Å². The smallest absolute Gasteiger partial charge is 0.0913 e. The zero-order valence-corrected chi connectivity index (χ0v) is 9.45. The van der Waals surface area contributed by atoms with Crippen molar-refractivity contribution in [1.29, 1.82) is 0 Å². The predicted molar refractivity (Wildman–Crippen MR) is 68.2 cm³/mol. The van der Waals surface area contributed by atoms with Crippen LogP contribution in [0.15, 0.2) is 53.8 Å². The summed E-state index contributed by atoms with van der Waals surface area (Å²) in [4.78, 5) is 0. The normalized spacial score (nSPS) is 21.3. The summed E-state index contributed by atoms with van der Waals surface area (Å²) < 4.78 is 2.30. The van der Waals surface area contributed by atoms with E-state index in [2.05, 4.69) is 52.2 Å². The van der Waals surface area contributed by atoms with Crippen molar-refractivity contribution >= 4 is 11.4 Å². The fourth-order valence-electron chi connectivity index (χ4n) is 2.76. The van der Waals surface area contributed by atoms with Crippen molar-refractivity contribution in [1.82, 2.24) is 4.57 Å². The summed E-state index contributed by atoms with van der Waals surface area (Å²) >= 11 is 0. The average molecular weight is 223 g/mol. The number of rotatable bonds is 1. The van der Waals surface area contributed by atoms with Crippen LogP contribution in [-0.4, -0.2) is 16.8 Å². The molecular weight excluding hydrogens is 210 g/mol. The van der Waals surface area contributed by atoms with Crippen LogP contribution in [0.3, 0.4) is 0 Å². The van der Waals surface area contributed by atoms with E-state index in [-0.39, 0.29) is 0 Å². The van der Waals surface area contributed by atoms with Crippen LogP contribution < -0.4 is 5.01 Å². The van der Waals surface area contributed by atoms with Crippen molar-refractivity contribution < 1.29 is 0 Å². The summed E-state index contributed by atoms with van der Waals surface area (Å²) in [6.45, 7) is 2.07. The van der Waals surface area contributed by atoms with Crippen molar-refractivity contribution in [3.63, 3.8) is 0 Å². The molecule has 84 valence electrons. The lowest BCUT2D eigenvalue weighted by Gasteiger charge is -2.15. The number of hydrogen-bond acceptors (Lipinski definition) is 2. The Morgan fingerprint density at radius 3 is 2.76 bits per heavy atom. The zero-order chi connectivity index (χ0) is 11.2. The number of hydrogen-bond donors (Lipinski definition) is 0. The van der Waals surface area contributed by atoms with E-state index in [0.717, 1.165) is 13.1 Å². The van der Waals surface area contributed by atoms with Gasteiger partial charge in [0.05, 0.1) is 23.6 Å². The molecule has 3 nitrogen and oxygen atoms in total. The molecular formula is C14H13N3. The lowest BCUT2D eigenvalue weighted by atomic mass is 10.1. The van der Waals surface area contributed by atoms with Crippen molar-refractivity contribution in [3.05, 3.63) is 54.4 Å². The highest BCUT2D eigenvalue weighted by atomic mass is 15.5. The van der Waals surface area contributed by atoms with Gasteiger partial charge in [0.15, 0.2) is 0 Å². The molecule has 0 bridgehead atoms. The summed E-state index contributed by atoms with van der Waals surface area (Å²) in [7, 11) is 0. The quantitative estimate of drug-likeness (QED) is 0.726. The fourth-order valence-corrected chi connectivity index (χ4v) is 2.76. The minimum atomic E-state index is 0.561. The van der Waals surface area contributed by atoms with Crippen LogP contribution in [-0.2, 0) is 6.54 Å². The summed E-state index contributed by atoms with van der Waals surface area (Å²) in [6.07, 6.45) is 2.14. The third-order valence-electron chi connectivity index (χ3n) is 3.57. The molecule has 3 heterocycles. The van der Waals surface area contributed by atoms with Gasteiger partial charge in [0.2, 0.25) is 0 Å². The Morgan fingerprint density at radius 1 is 1.00 bits per heavy atom. The van der Waals surface area contributed by atoms with Crippen LogP contribution in [0.4, 0.5) is 5.69 Å².